The molecule has 1 fully saturated rings. The van der Waals surface area contributed by atoms with E-state index in [1.54, 1.807) is 11.8 Å². The maximum Gasteiger partial charge on any atom is 0.207 e. The molecule has 1 saturated heterocycles. The number of alkyl halides is 1. The van der Waals surface area contributed by atoms with Gasteiger partial charge in [0.15, 0.2) is 6.29 Å². The van der Waals surface area contributed by atoms with Crippen LogP contribution < -0.4 is 11.1 Å². The average molecular weight is 648 g/mol. The van der Waals surface area contributed by atoms with Crippen molar-refractivity contribution in [2.75, 3.05) is 31.9 Å². The summed E-state index contributed by atoms with van der Waals surface area (Å²) < 4.78 is 12.8. The number of likely N-dealkylation sites (tertiary alicyclic amines) is 1. The van der Waals surface area contributed by atoms with Crippen molar-refractivity contribution < 1.29 is 14.0 Å². The summed E-state index contributed by atoms with van der Waals surface area (Å²) in [7, 11) is 0. The smallest absolute Gasteiger partial charge is 0.207 e. The van der Waals surface area contributed by atoms with Gasteiger partial charge in [0.05, 0.1) is 0 Å². The number of nitrogens with one attached hydrogen (secondary N) is 2. The van der Waals surface area contributed by atoms with Crippen LogP contribution in [0.3, 0.4) is 0 Å². The monoisotopic (exact) mass is 646 g/mol. The number of benzene rings is 2. The molecule has 0 spiro atoms. The molecule has 232 valence electrons. The number of amides is 1. The predicted molar refractivity (Wildman–Crippen MR) is 180 cm³/mol. The lowest BCUT2D eigenvalue weighted by Crippen LogP contribution is -2.40. The van der Waals surface area contributed by atoms with E-state index >= 15 is 0 Å². The first-order valence-electron chi connectivity index (χ1n) is 14.5. The van der Waals surface area contributed by atoms with Crippen LogP contribution in [0.1, 0.15) is 59.8 Å². The lowest BCUT2D eigenvalue weighted by Gasteiger charge is -2.28. The summed E-state index contributed by atoms with van der Waals surface area (Å²) in [5, 5.41) is 3.85. The van der Waals surface area contributed by atoms with Crippen molar-refractivity contribution in [1.82, 2.24) is 15.2 Å². The second-order valence-electron chi connectivity index (χ2n) is 10.6. The maximum absolute atomic E-state index is 12.8. The third-order valence-corrected chi connectivity index (χ3v) is 9.17. The molecule has 4 rings (SSSR count). The number of halogens is 3. The molecule has 0 bridgehead atoms. The fourth-order valence-corrected chi connectivity index (χ4v) is 6.78. The molecular weight excluding hydrogens is 606 g/mol. The molecule has 4 N–H and O–H groups in total. The lowest BCUT2D eigenvalue weighted by molar-refractivity contribution is -0.109. The second-order valence-corrected chi connectivity index (χ2v) is 12.4. The zero-order chi connectivity index (χ0) is 31.4. The van der Waals surface area contributed by atoms with E-state index in [-0.39, 0.29) is 0 Å². The van der Waals surface area contributed by atoms with Gasteiger partial charge in [-0.2, -0.15) is 0 Å². The van der Waals surface area contributed by atoms with Crippen LogP contribution >= 0.6 is 35.0 Å². The van der Waals surface area contributed by atoms with Crippen molar-refractivity contribution >= 4 is 65.0 Å². The third-order valence-electron chi connectivity index (χ3n) is 7.44. The van der Waals surface area contributed by atoms with E-state index in [4.69, 9.17) is 28.9 Å². The Hall–Kier alpha value is -2.78. The maximum atomic E-state index is 12.8. The van der Waals surface area contributed by atoms with E-state index in [1.165, 1.54) is 11.1 Å². The van der Waals surface area contributed by atoms with Crippen molar-refractivity contribution in [1.29, 1.82) is 0 Å². The molecule has 6 nitrogen and oxygen atoms in total. The van der Waals surface area contributed by atoms with E-state index < -0.39 is 6.17 Å². The molecule has 43 heavy (non-hydrogen) atoms. The molecule has 2 heterocycles. The number of thioether (sulfide) groups is 1. The number of rotatable bonds is 12. The summed E-state index contributed by atoms with van der Waals surface area (Å²) in [5.41, 5.74) is 13.5. The van der Waals surface area contributed by atoms with Gasteiger partial charge in [-0.05, 0) is 92.8 Å². The Bertz CT molecular complexity index is 1390. The Kier molecular flexibility index (Phi) is 14.1. The van der Waals surface area contributed by atoms with Crippen molar-refractivity contribution in [3.63, 3.8) is 0 Å². The number of allylic oxidation sites excluding steroid dienone is 1. The minimum atomic E-state index is -0.671. The molecule has 1 unspecified atom stereocenters. The van der Waals surface area contributed by atoms with Crippen LogP contribution in [0.2, 0.25) is 10.0 Å². The molecule has 0 saturated carbocycles. The summed E-state index contributed by atoms with van der Waals surface area (Å²) >= 11 is 14.2. The topological polar surface area (TPSA) is 91.2 Å². The molecule has 0 aliphatic carbocycles. The normalized spacial score (nSPS) is 15.5. The lowest BCUT2D eigenvalue weighted by atomic mass is 10.0. The number of carbonyl (C=O) groups excluding carboxylic acids is 2. The number of nitrogens with two attached hydrogens (primary N) is 1. The number of aromatic nitrogens is 1. The Balaban J connectivity index is 0.000000353. The number of anilines is 1. The first-order valence-corrected chi connectivity index (χ1v) is 16.3. The Morgan fingerprint density at radius 2 is 1.93 bits per heavy atom. The number of piperidine rings is 1. The highest BCUT2D eigenvalue weighted by Gasteiger charge is 2.18. The van der Waals surface area contributed by atoms with Crippen LogP contribution in [0.4, 0.5) is 10.1 Å². The molecular formula is C33H41Cl2FN4O2S. The third kappa shape index (κ3) is 10.1. The number of aldehydes is 1. The standard InChI is InChI=1S/C25H26Cl2N2OS.C8H15FN2O/c1-4-6-19-15(2)25(29-16(19)3)11-17(13-30)20-12-18(9-10-24(20)28)31-14-21-22(26)7-5-8-23(21)27;9-8-2-1-4-11(6-8)5-3-10-7-12/h5,7-13,29H,4,6,14,28H2,1-3H3;7-8H,1-6H2,(H,10,12)/b17-11+;. The molecule has 1 aromatic heterocycles. The fourth-order valence-electron chi connectivity index (χ4n) is 5.10. The van der Waals surface area contributed by atoms with Crippen LogP contribution in [-0.4, -0.2) is 54.9 Å². The summed E-state index contributed by atoms with van der Waals surface area (Å²) in [5.74, 6) is 0.622. The van der Waals surface area contributed by atoms with Gasteiger partial charge in [0, 0.05) is 68.5 Å². The number of nitrogens with zero attached hydrogens (tertiary/aromatic N) is 1. The summed E-state index contributed by atoms with van der Waals surface area (Å²) in [6, 6.07) is 11.2. The van der Waals surface area contributed by atoms with Crippen molar-refractivity contribution in [2.45, 2.75) is 63.3 Å². The van der Waals surface area contributed by atoms with Crippen LogP contribution in [0, 0.1) is 13.8 Å². The Labute approximate surface area is 268 Å². The highest BCUT2D eigenvalue weighted by Crippen LogP contribution is 2.34. The number of carbonyl (C=O) groups is 2. The summed E-state index contributed by atoms with van der Waals surface area (Å²) in [6.45, 7) is 9.20. The largest absolute Gasteiger partial charge is 0.398 e. The molecule has 3 aromatic rings. The molecule has 1 aliphatic heterocycles. The first-order chi connectivity index (χ1) is 20.7. The highest BCUT2D eigenvalue weighted by atomic mass is 35.5. The minimum absolute atomic E-state index is 0.528. The van der Waals surface area contributed by atoms with Crippen LogP contribution in [0.15, 0.2) is 41.3 Å². The van der Waals surface area contributed by atoms with Gasteiger partial charge in [-0.25, -0.2) is 4.39 Å². The highest BCUT2D eigenvalue weighted by molar-refractivity contribution is 7.98. The van der Waals surface area contributed by atoms with E-state index in [0.29, 0.717) is 58.5 Å². The number of hydrogen-bond acceptors (Lipinski definition) is 5. The van der Waals surface area contributed by atoms with Gasteiger partial charge >= 0.3 is 0 Å². The van der Waals surface area contributed by atoms with E-state index in [2.05, 4.69) is 31.1 Å². The quantitative estimate of drug-likeness (QED) is 0.0617. The van der Waals surface area contributed by atoms with E-state index in [9.17, 15) is 14.0 Å². The van der Waals surface area contributed by atoms with Crippen molar-refractivity contribution in [3.8, 4) is 0 Å². The van der Waals surface area contributed by atoms with Gasteiger partial charge in [0.2, 0.25) is 6.41 Å². The molecule has 1 atom stereocenters. The van der Waals surface area contributed by atoms with Gasteiger partial charge in [-0.15, -0.1) is 11.8 Å². The van der Waals surface area contributed by atoms with E-state index in [0.717, 1.165) is 60.5 Å². The fraction of sp³-hybridized carbons (Fsp3) is 0.394. The van der Waals surface area contributed by atoms with Gasteiger partial charge in [0.25, 0.3) is 0 Å². The van der Waals surface area contributed by atoms with Gasteiger partial charge < -0.3 is 16.0 Å². The van der Waals surface area contributed by atoms with Crippen LogP contribution in [0.5, 0.6) is 0 Å². The van der Waals surface area contributed by atoms with Crippen LogP contribution in [-0.2, 0) is 21.8 Å². The van der Waals surface area contributed by atoms with Crippen molar-refractivity contribution in [2.24, 2.45) is 0 Å². The van der Waals surface area contributed by atoms with E-state index in [1.807, 2.05) is 47.4 Å². The molecule has 0 radical (unpaired) electrons. The Morgan fingerprint density at radius 1 is 1.19 bits per heavy atom. The zero-order valence-corrected chi connectivity index (χ0v) is 27.3. The number of hydrogen-bond donors (Lipinski definition) is 3. The molecule has 1 amide bonds. The predicted octanol–water partition coefficient (Wildman–Crippen LogP) is 7.67. The second kappa shape index (κ2) is 17.5. The molecule has 2 aromatic carbocycles. The number of H-pyrrole nitrogens is 1. The minimum Gasteiger partial charge on any atom is -0.398 e. The number of nitrogen functional groups attached to an aromatic ring is 1. The number of aryl methyl sites for hydroxylation is 1. The Morgan fingerprint density at radius 3 is 2.58 bits per heavy atom. The summed E-state index contributed by atoms with van der Waals surface area (Å²) in [6.07, 6.45) is 6.47. The molecule has 1 aliphatic rings. The zero-order valence-electron chi connectivity index (χ0n) is 25.0. The van der Waals surface area contributed by atoms with Gasteiger partial charge in [-0.1, -0.05) is 42.6 Å². The summed E-state index contributed by atoms with van der Waals surface area (Å²) in [4.78, 5) is 28.3. The van der Waals surface area contributed by atoms with Gasteiger partial charge in [0.1, 0.15) is 6.17 Å². The number of aromatic amines is 1. The van der Waals surface area contributed by atoms with Gasteiger partial charge in [-0.3, -0.25) is 14.5 Å². The average Bonchev–Trinajstić information content (AvgIpc) is 3.24. The van der Waals surface area contributed by atoms with Crippen LogP contribution in [0.25, 0.3) is 11.6 Å². The van der Waals surface area contributed by atoms with Crippen molar-refractivity contribution in [3.05, 3.63) is 80.1 Å². The SMILES string of the molecule is CCCc1c(C)[nH]c(/C=C(\C=O)c2cc(SCc3c(Cl)cccc3Cl)ccc2N)c1C.O=CNCCN1CCCC(F)C1. The first kappa shape index (κ1) is 34.7. The molecule has 10 heteroatoms.